The van der Waals surface area contributed by atoms with Crippen LogP contribution in [0.2, 0.25) is 0 Å². The summed E-state index contributed by atoms with van der Waals surface area (Å²) in [6.45, 7) is 0.0157. The Labute approximate surface area is 464 Å². The Hall–Kier alpha value is -9.22. The van der Waals surface area contributed by atoms with Crippen molar-refractivity contribution < 1.29 is 21.1 Å². The molecule has 14 rings (SSSR count). The zero-order chi connectivity index (χ0) is 50.6. The number of aromatic nitrogens is 4. The molecule has 0 unspecified atom stereocenters. The molecule has 9 heteroatoms. The Morgan fingerprint density at radius 2 is 0.779 bits per heavy atom. The topological polar surface area (TPSA) is 58.0 Å². The van der Waals surface area contributed by atoms with Gasteiger partial charge in [0.15, 0.2) is 0 Å². The molecular formula is C68H46B2N6Pt. The fourth-order valence-corrected chi connectivity index (χ4v) is 10.9. The van der Waals surface area contributed by atoms with Crippen LogP contribution in [0.4, 0.5) is 34.1 Å². The van der Waals surface area contributed by atoms with Crippen molar-refractivity contribution in [3.8, 4) is 45.0 Å². The molecule has 4 aromatic heterocycles. The summed E-state index contributed by atoms with van der Waals surface area (Å²) in [6, 6.07) is 96.4. The van der Waals surface area contributed by atoms with Crippen LogP contribution in [-0.2, 0) is 21.1 Å². The fraction of sp³-hybridized carbons (Fsp3) is 0. The van der Waals surface area contributed by atoms with Gasteiger partial charge in [0.25, 0.3) is 0 Å². The second-order valence-electron chi connectivity index (χ2n) is 18.8. The van der Waals surface area contributed by atoms with Gasteiger partial charge in [0.1, 0.15) is 0 Å². The van der Waals surface area contributed by atoms with Crippen LogP contribution in [0.1, 0.15) is 0 Å². The summed E-state index contributed by atoms with van der Waals surface area (Å²) in [5.74, 6) is 0. The molecule has 0 aliphatic carbocycles. The molecule has 0 saturated heterocycles. The summed E-state index contributed by atoms with van der Waals surface area (Å²) in [4.78, 5) is 23.2. The first kappa shape index (κ1) is 48.7. The molecular weight excluding hydrogens is 1120 g/mol. The number of nitrogens with zero attached hydrogens (tertiary/aromatic N) is 6. The number of benzene rings is 8. The number of hydrogen-bond acceptors (Lipinski definition) is 6. The van der Waals surface area contributed by atoms with Gasteiger partial charge < -0.3 is 19.8 Å². The van der Waals surface area contributed by atoms with E-state index in [0.29, 0.717) is 0 Å². The first-order valence-electron chi connectivity index (χ1n) is 25.6. The van der Waals surface area contributed by atoms with E-state index in [0.717, 1.165) is 78.7 Å². The second-order valence-corrected chi connectivity index (χ2v) is 18.8. The molecule has 12 aromatic rings. The predicted molar refractivity (Wildman–Crippen MR) is 315 cm³/mol. The van der Waals surface area contributed by atoms with Gasteiger partial charge in [0, 0.05) is 53.2 Å². The number of anilines is 6. The first-order valence-corrected chi connectivity index (χ1v) is 25.6. The Bertz CT molecular complexity index is 3710. The molecule has 0 saturated carbocycles. The summed E-state index contributed by atoms with van der Waals surface area (Å²) < 4.78 is 0. The van der Waals surface area contributed by atoms with Crippen molar-refractivity contribution in [1.29, 1.82) is 0 Å². The van der Waals surface area contributed by atoms with E-state index in [1.54, 1.807) is 0 Å². The number of pyridine rings is 4. The van der Waals surface area contributed by atoms with Gasteiger partial charge in [-0.15, -0.1) is 59.1 Å². The summed E-state index contributed by atoms with van der Waals surface area (Å²) in [6.07, 6.45) is 7.36. The van der Waals surface area contributed by atoms with Gasteiger partial charge in [-0.25, -0.2) is 0 Å². The minimum Gasteiger partial charge on any atom is -0.353 e. The maximum atomic E-state index is 4.65. The molecule has 0 spiro atoms. The fourth-order valence-electron chi connectivity index (χ4n) is 10.9. The van der Waals surface area contributed by atoms with Gasteiger partial charge in [0.2, 0.25) is 13.4 Å². The van der Waals surface area contributed by atoms with E-state index >= 15 is 0 Å². The molecule has 0 atom stereocenters. The third kappa shape index (κ3) is 9.61. The maximum Gasteiger partial charge on any atom is 2.00 e. The molecule has 77 heavy (non-hydrogen) atoms. The average molecular weight is 1160 g/mol. The van der Waals surface area contributed by atoms with Crippen molar-refractivity contribution in [2.24, 2.45) is 0 Å². The smallest absolute Gasteiger partial charge is 0.353 e. The van der Waals surface area contributed by atoms with Crippen molar-refractivity contribution in [2.45, 2.75) is 0 Å². The molecule has 0 fully saturated rings. The number of para-hydroxylation sites is 4. The SMILES string of the molecule is [Pt+2].[c-]1c(B2c3[c-]c(-c4ccccn4)ccc3N(c3ccccc3)c3ccccc32)cccc1-c1ccccn1.c1ccc(N2c3ccccc3B(c3cccc(-c4ccccn4)c3)c3cc(-c4ccccn4)ccc32)cc1. The van der Waals surface area contributed by atoms with E-state index < -0.39 is 0 Å². The van der Waals surface area contributed by atoms with Gasteiger partial charge in [-0.2, -0.15) is 5.46 Å². The van der Waals surface area contributed by atoms with E-state index in [1.807, 2.05) is 85.5 Å². The summed E-state index contributed by atoms with van der Waals surface area (Å²) in [7, 11) is 0. The van der Waals surface area contributed by atoms with Gasteiger partial charge >= 0.3 is 21.1 Å². The van der Waals surface area contributed by atoms with Crippen molar-refractivity contribution in [3.05, 3.63) is 292 Å². The van der Waals surface area contributed by atoms with Crippen LogP contribution < -0.4 is 42.6 Å². The molecule has 0 radical (unpaired) electrons. The molecule has 2 aliphatic rings. The summed E-state index contributed by atoms with van der Waals surface area (Å²) >= 11 is 0. The van der Waals surface area contributed by atoms with E-state index in [9.17, 15) is 0 Å². The average Bonchev–Trinajstić information content (AvgIpc) is 3.62. The van der Waals surface area contributed by atoms with Crippen LogP contribution in [0.15, 0.2) is 280 Å². The standard InChI is InChI=1S/C34H24BN3.C34H22BN3.Pt/c2*1-2-13-28(14-3-1)38-33-18-5-4-15-29(33)35(27-12-10-11-25(23-27)31-16-6-8-21-36-31)30-24-26(19-20-34(30)38)32-17-7-9-22-37-32;/h1-24H;1-22H;/q;-2;+2. The molecule has 0 bridgehead atoms. The zero-order valence-corrected chi connectivity index (χ0v) is 44.0. The van der Waals surface area contributed by atoms with Crippen molar-refractivity contribution in [1.82, 2.24) is 19.9 Å². The maximum absolute atomic E-state index is 4.65. The molecule has 2 aliphatic heterocycles. The van der Waals surface area contributed by atoms with Crippen LogP contribution >= 0.6 is 0 Å². The minimum absolute atomic E-state index is 0. The summed E-state index contributed by atoms with van der Waals surface area (Å²) in [5.41, 5.74) is 22.1. The molecule has 6 nitrogen and oxygen atoms in total. The van der Waals surface area contributed by atoms with Gasteiger partial charge in [0.05, 0.1) is 11.4 Å². The van der Waals surface area contributed by atoms with E-state index in [1.165, 1.54) is 33.2 Å². The number of hydrogen-bond donors (Lipinski definition) is 0. The van der Waals surface area contributed by atoms with Crippen LogP contribution in [0.25, 0.3) is 45.0 Å². The quantitative estimate of drug-likeness (QED) is 0.112. The van der Waals surface area contributed by atoms with Crippen LogP contribution in [0.5, 0.6) is 0 Å². The van der Waals surface area contributed by atoms with E-state index in [4.69, 9.17) is 0 Å². The Kier molecular flexibility index (Phi) is 13.9. The minimum atomic E-state index is -0.0477. The Morgan fingerprint density at radius 1 is 0.312 bits per heavy atom. The van der Waals surface area contributed by atoms with Gasteiger partial charge in [-0.3, -0.25) is 9.97 Å². The molecule has 8 aromatic carbocycles. The monoisotopic (exact) mass is 1160 g/mol. The Morgan fingerprint density at radius 3 is 1.36 bits per heavy atom. The van der Waals surface area contributed by atoms with Crippen LogP contribution in [0.3, 0.4) is 0 Å². The van der Waals surface area contributed by atoms with E-state index in [-0.39, 0.29) is 34.5 Å². The third-order valence-electron chi connectivity index (χ3n) is 14.2. The Balaban J connectivity index is 0.000000153. The normalized spacial score (nSPS) is 11.9. The number of rotatable bonds is 8. The second kappa shape index (κ2) is 21.9. The molecule has 0 amide bonds. The van der Waals surface area contributed by atoms with Crippen molar-refractivity contribution >= 4 is 80.3 Å². The summed E-state index contributed by atoms with van der Waals surface area (Å²) in [5, 5.41) is 0. The number of fused-ring (bicyclic) bond motifs is 4. The van der Waals surface area contributed by atoms with Gasteiger partial charge in [-0.05, 0) is 123 Å². The molecule has 0 N–H and O–H groups in total. The largest absolute Gasteiger partial charge is 2.00 e. The van der Waals surface area contributed by atoms with Crippen molar-refractivity contribution in [3.63, 3.8) is 0 Å². The third-order valence-corrected chi connectivity index (χ3v) is 14.2. The van der Waals surface area contributed by atoms with Crippen LogP contribution in [-0.4, -0.2) is 33.4 Å². The molecule has 6 heterocycles. The first-order chi connectivity index (χ1) is 37.7. The van der Waals surface area contributed by atoms with Crippen LogP contribution in [0, 0.1) is 12.1 Å². The zero-order valence-electron chi connectivity index (χ0n) is 41.7. The van der Waals surface area contributed by atoms with Gasteiger partial charge in [-0.1, -0.05) is 151 Å². The van der Waals surface area contributed by atoms with E-state index in [2.05, 4.69) is 236 Å². The predicted octanol–water partition coefficient (Wildman–Crippen LogP) is 11.8. The van der Waals surface area contributed by atoms with Crippen molar-refractivity contribution in [2.75, 3.05) is 9.80 Å². The molecule has 364 valence electrons.